The van der Waals surface area contributed by atoms with Gasteiger partial charge in [0.25, 0.3) is 0 Å². The number of fused-ring (bicyclic) bond motifs is 4. The van der Waals surface area contributed by atoms with Gasteiger partial charge in [0.1, 0.15) is 5.75 Å². The Morgan fingerprint density at radius 3 is 2.19 bits per heavy atom. The monoisotopic (exact) mass is 456 g/mol. The van der Waals surface area contributed by atoms with E-state index < -0.39 is 29.6 Å². The Labute approximate surface area is 191 Å². The van der Waals surface area contributed by atoms with Gasteiger partial charge in [-0.1, -0.05) is 23.3 Å². The molecule has 1 saturated carbocycles. The summed E-state index contributed by atoms with van der Waals surface area (Å²) < 4.78 is 0. The summed E-state index contributed by atoms with van der Waals surface area (Å²) in [6.45, 7) is 4.14. The fourth-order valence-corrected chi connectivity index (χ4v) is 6.65. The molecule has 32 heavy (non-hydrogen) atoms. The van der Waals surface area contributed by atoms with Gasteiger partial charge in [-0.3, -0.25) is 29.0 Å². The Bertz CT molecular complexity index is 1080. The molecule has 3 fully saturated rings. The fraction of sp³-hybridized carbons (Fsp3) is 0.500. The van der Waals surface area contributed by atoms with E-state index >= 15 is 0 Å². The van der Waals surface area contributed by atoms with Crippen molar-refractivity contribution >= 4 is 35.2 Å². The highest BCUT2D eigenvalue weighted by Crippen LogP contribution is 2.58. The van der Waals surface area contributed by atoms with Crippen LogP contribution in [0.15, 0.2) is 29.8 Å². The first-order valence-electron chi connectivity index (χ1n) is 11.2. The number of halogens is 1. The summed E-state index contributed by atoms with van der Waals surface area (Å²) >= 11 is 6.25. The summed E-state index contributed by atoms with van der Waals surface area (Å²) in [6.07, 6.45) is 2.73. The van der Waals surface area contributed by atoms with E-state index in [-0.39, 0.29) is 41.8 Å². The number of imide groups is 2. The number of amides is 4. The highest BCUT2D eigenvalue weighted by Gasteiger charge is 2.61. The minimum atomic E-state index is -0.652. The molecule has 7 nitrogen and oxygen atoms in total. The van der Waals surface area contributed by atoms with Gasteiger partial charge in [0, 0.05) is 29.6 Å². The molecule has 4 aliphatic rings. The number of rotatable bonds is 3. The molecular formula is C24H25ClN2O5. The van der Waals surface area contributed by atoms with Crippen molar-refractivity contribution in [3.8, 4) is 5.75 Å². The molecule has 2 saturated heterocycles. The van der Waals surface area contributed by atoms with Crippen molar-refractivity contribution < 1.29 is 24.3 Å². The number of carbonyl (C=O) groups excluding carboxylic acids is 4. The van der Waals surface area contributed by atoms with Crippen LogP contribution in [-0.4, -0.2) is 51.6 Å². The summed E-state index contributed by atoms with van der Waals surface area (Å²) in [6, 6.07) is 4.70. The highest BCUT2D eigenvalue weighted by atomic mass is 35.5. The molecule has 2 aliphatic carbocycles. The van der Waals surface area contributed by atoms with Crippen molar-refractivity contribution in [3.63, 3.8) is 0 Å². The van der Waals surface area contributed by atoms with Gasteiger partial charge in [0.15, 0.2) is 0 Å². The maximum Gasteiger partial charge on any atom is 0.234 e. The Hall–Kier alpha value is -2.67. The molecule has 168 valence electrons. The van der Waals surface area contributed by atoms with Gasteiger partial charge >= 0.3 is 0 Å². The SMILES string of the molecule is CCN1C(=O)[C@H]2[C@H](CC=C3[C@H]2C[C@H]2C(=O)N(CC)C(=O)[C@H]2[C@H]3c2cc(Cl)ccc2O)C1=O. The van der Waals surface area contributed by atoms with E-state index in [1.807, 2.05) is 6.08 Å². The average Bonchev–Trinajstić information content (AvgIpc) is 3.17. The molecular weight excluding hydrogens is 432 g/mol. The topological polar surface area (TPSA) is 95.0 Å². The van der Waals surface area contributed by atoms with Crippen molar-refractivity contribution in [2.75, 3.05) is 13.1 Å². The van der Waals surface area contributed by atoms with Crippen LogP contribution in [0.3, 0.4) is 0 Å². The van der Waals surface area contributed by atoms with Gasteiger partial charge < -0.3 is 5.11 Å². The summed E-state index contributed by atoms with van der Waals surface area (Å²) in [7, 11) is 0. The maximum absolute atomic E-state index is 13.3. The Morgan fingerprint density at radius 1 is 0.906 bits per heavy atom. The molecule has 0 spiro atoms. The molecule has 1 N–H and O–H groups in total. The predicted octanol–water partition coefficient (Wildman–Crippen LogP) is 2.72. The van der Waals surface area contributed by atoms with Gasteiger partial charge in [0.2, 0.25) is 23.6 Å². The number of likely N-dealkylation sites (tertiary alicyclic amines) is 2. The third-order valence-electron chi connectivity index (χ3n) is 7.79. The molecule has 8 heteroatoms. The second kappa shape index (κ2) is 7.44. The predicted molar refractivity (Wildman–Crippen MR) is 115 cm³/mol. The van der Waals surface area contributed by atoms with Gasteiger partial charge in [-0.2, -0.15) is 0 Å². The van der Waals surface area contributed by atoms with Crippen LogP contribution in [-0.2, 0) is 19.2 Å². The lowest BCUT2D eigenvalue weighted by molar-refractivity contribution is -0.141. The third-order valence-corrected chi connectivity index (χ3v) is 8.02. The van der Waals surface area contributed by atoms with Gasteiger partial charge in [-0.15, -0.1) is 0 Å². The normalized spacial score (nSPS) is 33.9. The Morgan fingerprint density at radius 2 is 1.53 bits per heavy atom. The van der Waals surface area contributed by atoms with Crippen molar-refractivity contribution in [2.24, 2.45) is 29.6 Å². The number of phenols is 1. The molecule has 0 aromatic heterocycles. The van der Waals surface area contributed by atoms with Crippen LogP contribution in [0.4, 0.5) is 0 Å². The second-order valence-corrected chi connectivity index (χ2v) is 9.51. The fourth-order valence-electron chi connectivity index (χ4n) is 6.46. The van der Waals surface area contributed by atoms with E-state index in [0.717, 1.165) is 5.57 Å². The third kappa shape index (κ3) is 2.73. The number of nitrogens with zero attached hydrogens (tertiary/aromatic N) is 2. The molecule has 2 heterocycles. The van der Waals surface area contributed by atoms with Crippen LogP contribution in [0.5, 0.6) is 5.75 Å². The first-order valence-corrected chi connectivity index (χ1v) is 11.6. The second-order valence-electron chi connectivity index (χ2n) is 9.07. The number of carbonyl (C=O) groups is 4. The Kier molecular flexibility index (Phi) is 4.93. The van der Waals surface area contributed by atoms with E-state index in [9.17, 15) is 24.3 Å². The van der Waals surface area contributed by atoms with Crippen LogP contribution in [0.1, 0.15) is 38.2 Å². The summed E-state index contributed by atoms with van der Waals surface area (Å²) in [4.78, 5) is 55.1. The van der Waals surface area contributed by atoms with E-state index in [0.29, 0.717) is 30.0 Å². The summed E-state index contributed by atoms with van der Waals surface area (Å²) in [5.41, 5.74) is 1.35. The van der Waals surface area contributed by atoms with Crippen LogP contribution < -0.4 is 0 Å². The molecule has 0 unspecified atom stereocenters. The average molecular weight is 457 g/mol. The lowest BCUT2D eigenvalue weighted by atomic mass is 9.57. The minimum absolute atomic E-state index is 0.000954. The van der Waals surface area contributed by atoms with Crippen LogP contribution in [0.25, 0.3) is 0 Å². The van der Waals surface area contributed by atoms with Gasteiger partial charge in [-0.05, 0) is 50.8 Å². The number of hydrogen-bond donors (Lipinski definition) is 1. The number of allylic oxidation sites excluding steroid dienone is 2. The minimum Gasteiger partial charge on any atom is -0.508 e. The zero-order valence-electron chi connectivity index (χ0n) is 18.0. The first-order chi connectivity index (χ1) is 15.3. The largest absolute Gasteiger partial charge is 0.508 e. The summed E-state index contributed by atoms with van der Waals surface area (Å²) in [5, 5.41) is 11.1. The van der Waals surface area contributed by atoms with E-state index in [1.165, 1.54) is 15.9 Å². The van der Waals surface area contributed by atoms with Gasteiger partial charge in [0.05, 0.1) is 23.7 Å². The first kappa shape index (κ1) is 21.2. The molecule has 1 aromatic rings. The molecule has 6 atom stereocenters. The number of benzene rings is 1. The van der Waals surface area contributed by atoms with Gasteiger partial charge in [-0.25, -0.2) is 0 Å². The van der Waals surface area contributed by atoms with Crippen LogP contribution in [0, 0.1) is 29.6 Å². The van der Waals surface area contributed by atoms with E-state index in [2.05, 4.69) is 0 Å². The molecule has 2 aliphatic heterocycles. The number of hydrogen-bond acceptors (Lipinski definition) is 5. The van der Waals surface area contributed by atoms with Crippen molar-refractivity contribution in [2.45, 2.75) is 32.6 Å². The number of phenolic OH excluding ortho intramolecular Hbond substituents is 1. The smallest absolute Gasteiger partial charge is 0.234 e. The molecule has 4 amide bonds. The van der Waals surface area contributed by atoms with E-state index in [4.69, 9.17) is 11.6 Å². The standard InChI is InChI=1S/C24H25ClN2O5/c1-3-26-21(29)13-7-6-12-14(19(13)23(26)31)10-16-20(24(32)27(4-2)22(16)30)18(12)15-9-11(25)5-8-17(15)28/h5-6,8-9,13-14,16,18-20,28H,3-4,7,10H2,1-2H3/t13-,14+,16+,18+,19-,20+/m0/s1. The van der Waals surface area contributed by atoms with Crippen LogP contribution >= 0.6 is 11.6 Å². The quantitative estimate of drug-likeness (QED) is 0.557. The van der Waals surface area contributed by atoms with Crippen molar-refractivity contribution in [1.82, 2.24) is 9.80 Å². The maximum atomic E-state index is 13.3. The van der Waals surface area contributed by atoms with Crippen molar-refractivity contribution in [3.05, 3.63) is 40.4 Å². The lowest BCUT2D eigenvalue weighted by Gasteiger charge is -2.44. The van der Waals surface area contributed by atoms with E-state index in [1.54, 1.807) is 26.0 Å². The molecule has 0 bridgehead atoms. The zero-order chi connectivity index (χ0) is 22.9. The molecule has 5 rings (SSSR count). The Balaban J connectivity index is 1.67. The molecule has 1 aromatic carbocycles. The lowest BCUT2D eigenvalue weighted by Crippen LogP contribution is -2.43. The number of aromatic hydroxyl groups is 1. The summed E-state index contributed by atoms with van der Waals surface area (Å²) in [5.74, 6) is -3.96. The highest BCUT2D eigenvalue weighted by molar-refractivity contribution is 6.30. The van der Waals surface area contributed by atoms with Crippen LogP contribution in [0.2, 0.25) is 5.02 Å². The zero-order valence-corrected chi connectivity index (χ0v) is 18.7. The molecule has 0 radical (unpaired) electrons. The van der Waals surface area contributed by atoms with Crippen molar-refractivity contribution in [1.29, 1.82) is 0 Å².